The smallest absolute Gasteiger partial charge is 0.132 e. The molecule has 17 heavy (non-hydrogen) atoms. The summed E-state index contributed by atoms with van der Waals surface area (Å²) in [7, 11) is 0. The molecule has 1 aromatic carbocycles. The van der Waals surface area contributed by atoms with E-state index in [1.807, 2.05) is 0 Å². The van der Waals surface area contributed by atoms with E-state index >= 15 is 0 Å². The Bertz CT molecular complexity index is 355. The van der Waals surface area contributed by atoms with Crippen LogP contribution >= 0.6 is 15.9 Å². The van der Waals surface area contributed by atoms with Crippen LogP contribution in [0.5, 0.6) is 0 Å². The van der Waals surface area contributed by atoms with Crippen molar-refractivity contribution in [3.63, 3.8) is 0 Å². The average Bonchev–Trinajstić information content (AvgIpc) is 2.24. The van der Waals surface area contributed by atoms with E-state index in [2.05, 4.69) is 29.8 Å². The molecule has 0 bridgehead atoms. The first kappa shape index (κ1) is 14.6. The minimum atomic E-state index is -0.576. The summed E-state index contributed by atoms with van der Waals surface area (Å²) < 4.78 is 27.7. The number of hydrogen-bond acceptors (Lipinski definition) is 1. The Morgan fingerprint density at radius 1 is 1.18 bits per heavy atom. The van der Waals surface area contributed by atoms with Gasteiger partial charge >= 0.3 is 0 Å². The van der Waals surface area contributed by atoms with Gasteiger partial charge in [-0.1, -0.05) is 42.6 Å². The zero-order valence-electron chi connectivity index (χ0n) is 10.1. The summed E-state index contributed by atoms with van der Waals surface area (Å²) in [5.41, 5.74) is 5.90. The summed E-state index contributed by atoms with van der Waals surface area (Å²) in [6, 6.07) is 1.93. The average molecular weight is 306 g/mol. The van der Waals surface area contributed by atoms with Crippen molar-refractivity contribution in [2.24, 2.45) is 11.7 Å². The topological polar surface area (TPSA) is 26.0 Å². The lowest BCUT2D eigenvalue weighted by Gasteiger charge is -2.19. The lowest BCUT2D eigenvalue weighted by molar-refractivity contribution is 0.398. The Hall–Kier alpha value is -0.480. The van der Waals surface area contributed by atoms with Crippen molar-refractivity contribution >= 4 is 15.9 Å². The molecule has 0 aliphatic heterocycles. The van der Waals surface area contributed by atoms with E-state index < -0.39 is 17.7 Å². The lowest BCUT2D eigenvalue weighted by atomic mass is 9.91. The molecule has 1 atom stereocenters. The molecule has 0 radical (unpaired) electrons. The van der Waals surface area contributed by atoms with Crippen LogP contribution in [0.15, 0.2) is 16.6 Å². The SMILES string of the molecule is CCC(CC)CC(N)c1c(F)cc(Br)cc1F. The third-order valence-corrected chi connectivity index (χ3v) is 3.61. The molecule has 1 aromatic rings. The fraction of sp³-hybridized carbons (Fsp3) is 0.538. The highest BCUT2D eigenvalue weighted by molar-refractivity contribution is 9.10. The molecule has 4 heteroatoms. The van der Waals surface area contributed by atoms with E-state index in [-0.39, 0.29) is 5.56 Å². The third-order valence-electron chi connectivity index (χ3n) is 3.16. The van der Waals surface area contributed by atoms with Crippen molar-refractivity contribution in [2.75, 3.05) is 0 Å². The van der Waals surface area contributed by atoms with E-state index in [4.69, 9.17) is 5.73 Å². The van der Waals surface area contributed by atoms with E-state index in [0.717, 1.165) is 12.8 Å². The zero-order chi connectivity index (χ0) is 13.0. The number of benzene rings is 1. The van der Waals surface area contributed by atoms with Crippen LogP contribution in [0, 0.1) is 17.6 Å². The van der Waals surface area contributed by atoms with Crippen LogP contribution < -0.4 is 5.73 Å². The van der Waals surface area contributed by atoms with Crippen LogP contribution in [-0.2, 0) is 0 Å². The highest BCUT2D eigenvalue weighted by Gasteiger charge is 2.20. The molecule has 2 N–H and O–H groups in total. The normalized spacial score (nSPS) is 13.1. The predicted molar refractivity (Wildman–Crippen MR) is 69.7 cm³/mol. The number of nitrogens with two attached hydrogens (primary N) is 1. The van der Waals surface area contributed by atoms with E-state index in [1.54, 1.807) is 0 Å². The fourth-order valence-electron chi connectivity index (χ4n) is 2.01. The van der Waals surface area contributed by atoms with Crippen molar-refractivity contribution < 1.29 is 8.78 Å². The van der Waals surface area contributed by atoms with Crippen LogP contribution in [0.4, 0.5) is 8.78 Å². The maximum absolute atomic E-state index is 13.7. The quantitative estimate of drug-likeness (QED) is 0.848. The molecule has 1 rings (SSSR count). The summed E-state index contributed by atoms with van der Waals surface area (Å²) >= 11 is 3.05. The molecule has 96 valence electrons. The fourth-order valence-corrected chi connectivity index (χ4v) is 2.41. The molecule has 0 heterocycles. The standard InChI is InChI=1S/C13H18BrF2N/c1-3-8(4-2)5-12(17)13-10(15)6-9(14)7-11(13)16/h6-8,12H,3-5,17H2,1-2H3. The third kappa shape index (κ3) is 3.75. The van der Waals surface area contributed by atoms with E-state index in [9.17, 15) is 8.78 Å². The summed E-state index contributed by atoms with van der Waals surface area (Å²) in [6.45, 7) is 4.13. The van der Waals surface area contributed by atoms with Crippen molar-refractivity contribution in [1.29, 1.82) is 0 Å². The minimum absolute atomic E-state index is 0.0000926. The largest absolute Gasteiger partial charge is 0.324 e. The predicted octanol–water partition coefficient (Wildman–Crippen LogP) is 4.55. The molecule has 0 aromatic heterocycles. The Kier molecular flexibility index (Phi) is 5.53. The molecular weight excluding hydrogens is 288 g/mol. The van der Waals surface area contributed by atoms with Gasteiger partial charge in [-0.15, -0.1) is 0 Å². The van der Waals surface area contributed by atoms with Crippen LogP contribution in [0.3, 0.4) is 0 Å². The van der Waals surface area contributed by atoms with Gasteiger partial charge in [0.15, 0.2) is 0 Å². The first-order valence-corrected chi connectivity index (χ1v) is 6.68. The summed E-state index contributed by atoms with van der Waals surface area (Å²) in [6.07, 6.45) is 2.57. The molecule has 0 saturated carbocycles. The van der Waals surface area contributed by atoms with Crippen LogP contribution in [0.2, 0.25) is 0 Å². The molecule has 0 saturated heterocycles. The molecule has 0 fully saturated rings. The van der Waals surface area contributed by atoms with Crippen molar-refractivity contribution in [2.45, 2.75) is 39.2 Å². The number of halogens is 3. The Labute approximate surface area is 110 Å². The zero-order valence-corrected chi connectivity index (χ0v) is 11.7. The number of rotatable bonds is 5. The van der Waals surface area contributed by atoms with Gasteiger partial charge in [0.1, 0.15) is 11.6 Å². The highest BCUT2D eigenvalue weighted by Crippen LogP contribution is 2.29. The van der Waals surface area contributed by atoms with Gasteiger partial charge in [0.05, 0.1) is 0 Å². The maximum atomic E-state index is 13.7. The molecule has 0 aliphatic carbocycles. The van der Waals surface area contributed by atoms with Gasteiger partial charge < -0.3 is 5.73 Å². The van der Waals surface area contributed by atoms with Gasteiger partial charge in [0.25, 0.3) is 0 Å². The number of hydrogen-bond donors (Lipinski definition) is 1. The molecule has 1 unspecified atom stereocenters. The van der Waals surface area contributed by atoms with E-state index in [0.29, 0.717) is 16.8 Å². The highest BCUT2D eigenvalue weighted by atomic mass is 79.9. The Morgan fingerprint density at radius 2 is 1.65 bits per heavy atom. The maximum Gasteiger partial charge on any atom is 0.132 e. The van der Waals surface area contributed by atoms with Crippen molar-refractivity contribution in [1.82, 2.24) is 0 Å². The second kappa shape index (κ2) is 6.45. The Balaban J connectivity index is 2.92. The molecular formula is C13H18BrF2N. The summed E-state index contributed by atoms with van der Waals surface area (Å²) in [5, 5.41) is 0. The molecule has 0 amide bonds. The van der Waals surface area contributed by atoms with Crippen LogP contribution in [-0.4, -0.2) is 0 Å². The first-order valence-electron chi connectivity index (χ1n) is 5.89. The van der Waals surface area contributed by atoms with Crippen molar-refractivity contribution in [3.8, 4) is 0 Å². The second-order valence-corrected chi connectivity index (χ2v) is 5.22. The summed E-state index contributed by atoms with van der Waals surface area (Å²) in [4.78, 5) is 0. The first-order chi connectivity index (χ1) is 7.99. The van der Waals surface area contributed by atoms with Crippen LogP contribution in [0.25, 0.3) is 0 Å². The second-order valence-electron chi connectivity index (χ2n) is 4.31. The van der Waals surface area contributed by atoms with Gasteiger partial charge in [0, 0.05) is 16.1 Å². The van der Waals surface area contributed by atoms with E-state index in [1.165, 1.54) is 12.1 Å². The van der Waals surface area contributed by atoms with Gasteiger partial charge in [-0.25, -0.2) is 8.78 Å². The van der Waals surface area contributed by atoms with Crippen LogP contribution in [0.1, 0.15) is 44.7 Å². The summed E-state index contributed by atoms with van der Waals surface area (Å²) in [5.74, 6) is -0.738. The van der Waals surface area contributed by atoms with Gasteiger partial charge in [-0.2, -0.15) is 0 Å². The van der Waals surface area contributed by atoms with Crippen molar-refractivity contribution in [3.05, 3.63) is 33.8 Å². The van der Waals surface area contributed by atoms with Gasteiger partial charge in [0.2, 0.25) is 0 Å². The molecule has 1 nitrogen and oxygen atoms in total. The van der Waals surface area contributed by atoms with Gasteiger partial charge in [-0.3, -0.25) is 0 Å². The molecule has 0 spiro atoms. The minimum Gasteiger partial charge on any atom is -0.324 e. The lowest BCUT2D eigenvalue weighted by Crippen LogP contribution is -2.18. The van der Waals surface area contributed by atoms with Gasteiger partial charge in [-0.05, 0) is 24.5 Å². The monoisotopic (exact) mass is 305 g/mol. The molecule has 0 aliphatic rings. The Morgan fingerprint density at radius 3 is 2.06 bits per heavy atom.